The summed E-state index contributed by atoms with van der Waals surface area (Å²) in [5.74, 6) is 0.879. The largest absolute Gasteiger partial charge is 0.497 e. The Morgan fingerprint density at radius 2 is 1.85 bits per heavy atom. The zero-order chi connectivity index (χ0) is 15.2. The molecule has 0 fully saturated rings. The minimum atomic E-state index is -4.34. The highest BCUT2D eigenvalue weighted by Gasteiger charge is 2.27. The minimum absolute atomic E-state index is 0.0278. The lowest BCUT2D eigenvalue weighted by molar-refractivity contribution is -0.175. The molecule has 2 N–H and O–H groups in total. The molecule has 1 rings (SSSR count). The van der Waals surface area contributed by atoms with E-state index in [0.717, 1.165) is 0 Å². The Bertz CT molecular complexity index is 466. The van der Waals surface area contributed by atoms with Gasteiger partial charge in [-0.25, -0.2) is 0 Å². The molecule has 0 amide bonds. The van der Waals surface area contributed by atoms with Crippen LogP contribution in [0.4, 0.5) is 13.2 Å². The highest BCUT2D eigenvalue weighted by Crippen LogP contribution is 2.22. The Labute approximate surface area is 119 Å². The van der Waals surface area contributed by atoms with E-state index in [-0.39, 0.29) is 18.2 Å². The van der Waals surface area contributed by atoms with Gasteiger partial charge in [-0.05, 0) is 12.1 Å². The van der Waals surface area contributed by atoms with Crippen molar-refractivity contribution in [2.45, 2.75) is 6.18 Å². The topological polar surface area (TPSA) is 53.7 Å². The summed E-state index contributed by atoms with van der Waals surface area (Å²) in [6, 6.07) is 4.79. The number of benzene rings is 1. The van der Waals surface area contributed by atoms with Gasteiger partial charge in [0.25, 0.3) is 0 Å². The van der Waals surface area contributed by atoms with Crippen molar-refractivity contribution in [1.82, 2.24) is 0 Å². The molecule has 112 valence electrons. The minimum Gasteiger partial charge on any atom is -0.497 e. The molecule has 0 saturated heterocycles. The molecule has 0 aliphatic rings. The van der Waals surface area contributed by atoms with Gasteiger partial charge in [-0.2, -0.15) is 13.2 Å². The molecular formula is C12H14F3NO3S. The number of rotatable bonds is 7. The summed E-state index contributed by atoms with van der Waals surface area (Å²) < 4.78 is 50.2. The van der Waals surface area contributed by atoms with Crippen molar-refractivity contribution >= 4 is 17.2 Å². The SMILES string of the molecule is COc1cc(OCCOCC(F)(F)F)cc(C(N)=S)c1. The molecule has 4 nitrogen and oxygen atoms in total. The molecular weight excluding hydrogens is 295 g/mol. The molecule has 0 atom stereocenters. The van der Waals surface area contributed by atoms with Gasteiger partial charge in [-0.3, -0.25) is 0 Å². The summed E-state index contributed by atoms with van der Waals surface area (Å²) in [6.45, 7) is -1.51. The van der Waals surface area contributed by atoms with Gasteiger partial charge in [0, 0.05) is 11.6 Å². The summed E-state index contributed by atoms with van der Waals surface area (Å²) in [5.41, 5.74) is 6.05. The first kappa shape index (κ1) is 16.5. The van der Waals surface area contributed by atoms with Gasteiger partial charge >= 0.3 is 6.18 Å². The van der Waals surface area contributed by atoms with E-state index in [1.807, 2.05) is 0 Å². The van der Waals surface area contributed by atoms with Gasteiger partial charge in [0.2, 0.25) is 0 Å². The summed E-state index contributed by atoms with van der Waals surface area (Å²) in [7, 11) is 1.47. The number of hydrogen-bond donors (Lipinski definition) is 1. The molecule has 20 heavy (non-hydrogen) atoms. The molecule has 8 heteroatoms. The van der Waals surface area contributed by atoms with Crippen molar-refractivity contribution in [2.24, 2.45) is 5.73 Å². The number of halogens is 3. The lowest BCUT2D eigenvalue weighted by Gasteiger charge is -2.11. The molecule has 0 heterocycles. The normalized spacial score (nSPS) is 11.2. The van der Waals surface area contributed by atoms with Crippen LogP contribution in [0.25, 0.3) is 0 Å². The van der Waals surface area contributed by atoms with E-state index in [9.17, 15) is 13.2 Å². The lowest BCUT2D eigenvalue weighted by Crippen LogP contribution is -2.19. The van der Waals surface area contributed by atoms with E-state index in [2.05, 4.69) is 4.74 Å². The molecule has 0 aromatic heterocycles. The fraction of sp³-hybridized carbons (Fsp3) is 0.417. The highest BCUT2D eigenvalue weighted by atomic mass is 32.1. The second-order valence-corrected chi connectivity index (χ2v) is 4.22. The predicted octanol–water partition coefficient (Wildman–Crippen LogP) is 2.29. The van der Waals surface area contributed by atoms with Crippen LogP contribution in [0, 0.1) is 0 Å². The third kappa shape index (κ3) is 6.07. The van der Waals surface area contributed by atoms with Crippen molar-refractivity contribution in [2.75, 3.05) is 26.9 Å². The van der Waals surface area contributed by atoms with Gasteiger partial charge in [0.05, 0.1) is 13.7 Å². The van der Waals surface area contributed by atoms with Crippen LogP contribution in [-0.4, -0.2) is 38.1 Å². The molecule has 0 radical (unpaired) electrons. The summed E-state index contributed by atoms with van der Waals surface area (Å²) in [5, 5.41) is 0. The van der Waals surface area contributed by atoms with Crippen LogP contribution in [0.2, 0.25) is 0 Å². The van der Waals surface area contributed by atoms with Crippen molar-refractivity contribution in [3.05, 3.63) is 23.8 Å². The van der Waals surface area contributed by atoms with Crippen LogP contribution in [-0.2, 0) is 4.74 Å². The number of hydrogen-bond acceptors (Lipinski definition) is 4. The van der Waals surface area contributed by atoms with E-state index in [0.29, 0.717) is 17.1 Å². The van der Waals surface area contributed by atoms with E-state index in [4.69, 9.17) is 27.4 Å². The van der Waals surface area contributed by atoms with E-state index < -0.39 is 12.8 Å². The first-order chi connectivity index (χ1) is 9.31. The maximum atomic E-state index is 11.8. The first-order valence-electron chi connectivity index (χ1n) is 5.58. The molecule has 1 aromatic carbocycles. The molecule has 0 saturated carbocycles. The first-order valence-corrected chi connectivity index (χ1v) is 5.99. The monoisotopic (exact) mass is 309 g/mol. The zero-order valence-corrected chi connectivity index (χ0v) is 11.5. The Balaban J connectivity index is 2.51. The molecule has 0 bridgehead atoms. The van der Waals surface area contributed by atoms with Crippen LogP contribution in [0.1, 0.15) is 5.56 Å². The zero-order valence-electron chi connectivity index (χ0n) is 10.7. The number of nitrogens with two attached hydrogens (primary N) is 1. The van der Waals surface area contributed by atoms with Crippen LogP contribution in [0.3, 0.4) is 0 Å². The third-order valence-corrected chi connectivity index (χ3v) is 2.40. The van der Waals surface area contributed by atoms with Crippen molar-refractivity contribution < 1.29 is 27.4 Å². The summed E-state index contributed by atoms with van der Waals surface area (Å²) in [6.07, 6.45) is -4.34. The number of alkyl halides is 3. The average molecular weight is 309 g/mol. The van der Waals surface area contributed by atoms with Gasteiger partial charge in [-0.1, -0.05) is 12.2 Å². The Morgan fingerprint density at radius 1 is 1.20 bits per heavy atom. The van der Waals surface area contributed by atoms with Gasteiger partial charge in [-0.15, -0.1) is 0 Å². The Morgan fingerprint density at radius 3 is 2.40 bits per heavy atom. The molecule has 0 unspecified atom stereocenters. The van der Waals surface area contributed by atoms with E-state index in [1.54, 1.807) is 18.2 Å². The Kier molecular flexibility index (Phi) is 6.03. The number of methoxy groups -OCH3 is 1. The van der Waals surface area contributed by atoms with Gasteiger partial charge in [0.1, 0.15) is 29.7 Å². The lowest BCUT2D eigenvalue weighted by atomic mass is 10.2. The van der Waals surface area contributed by atoms with Crippen molar-refractivity contribution in [3.63, 3.8) is 0 Å². The average Bonchev–Trinajstić information content (AvgIpc) is 2.36. The quantitative estimate of drug-likeness (QED) is 0.618. The Hall–Kier alpha value is -1.54. The van der Waals surface area contributed by atoms with Gasteiger partial charge in [0.15, 0.2) is 0 Å². The fourth-order valence-electron chi connectivity index (χ4n) is 1.32. The van der Waals surface area contributed by atoms with Crippen LogP contribution >= 0.6 is 12.2 Å². The number of ether oxygens (including phenoxy) is 3. The van der Waals surface area contributed by atoms with E-state index >= 15 is 0 Å². The predicted molar refractivity (Wildman–Crippen MR) is 71.3 cm³/mol. The maximum Gasteiger partial charge on any atom is 0.411 e. The summed E-state index contributed by atoms with van der Waals surface area (Å²) in [4.78, 5) is 0.169. The molecule has 0 aliphatic carbocycles. The molecule has 0 aliphatic heterocycles. The maximum absolute atomic E-state index is 11.8. The van der Waals surface area contributed by atoms with Crippen LogP contribution in [0.5, 0.6) is 11.5 Å². The fourth-order valence-corrected chi connectivity index (χ4v) is 1.44. The van der Waals surface area contributed by atoms with Crippen molar-refractivity contribution in [1.29, 1.82) is 0 Å². The van der Waals surface area contributed by atoms with Crippen LogP contribution in [0.15, 0.2) is 18.2 Å². The highest BCUT2D eigenvalue weighted by molar-refractivity contribution is 7.80. The second kappa shape index (κ2) is 7.30. The summed E-state index contributed by atoms with van der Waals surface area (Å²) >= 11 is 4.84. The third-order valence-electron chi connectivity index (χ3n) is 2.16. The molecule has 1 aromatic rings. The second-order valence-electron chi connectivity index (χ2n) is 3.78. The smallest absolute Gasteiger partial charge is 0.411 e. The van der Waals surface area contributed by atoms with E-state index in [1.165, 1.54) is 7.11 Å². The van der Waals surface area contributed by atoms with Crippen LogP contribution < -0.4 is 15.2 Å². The number of thiocarbonyl (C=S) groups is 1. The molecule has 0 spiro atoms. The van der Waals surface area contributed by atoms with Gasteiger partial charge < -0.3 is 19.9 Å². The van der Waals surface area contributed by atoms with Crippen molar-refractivity contribution in [3.8, 4) is 11.5 Å². The standard InChI is InChI=1S/C12H14F3NO3S/c1-17-9-4-8(11(16)20)5-10(6-9)19-3-2-18-7-12(13,14)15/h4-6H,2-3,7H2,1H3,(H2,16,20).